The third-order valence-corrected chi connectivity index (χ3v) is 3.37. The molecule has 0 aliphatic heterocycles. The van der Waals surface area contributed by atoms with Gasteiger partial charge in [0.05, 0.1) is 11.2 Å². The van der Waals surface area contributed by atoms with Crippen molar-refractivity contribution in [3.8, 4) is 11.3 Å². The lowest BCUT2D eigenvalue weighted by atomic mass is 10.2. The lowest BCUT2D eigenvalue weighted by molar-refractivity contribution is 0.0815. The van der Waals surface area contributed by atoms with E-state index in [9.17, 15) is 4.79 Å². The van der Waals surface area contributed by atoms with Crippen molar-refractivity contribution in [3.05, 3.63) is 53.7 Å². The van der Waals surface area contributed by atoms with Gasteiger partial charge in [-0.2, -0.15) is 0 Å². The molecule has 106 valence electrons. The van der Waals surface area contributed by atoms with Gasteiger partial charge in [-0.15, -0.1) is 0 Å². The molecule has 3 aromatic heterocycles. The van der Waals surface area contributed by atoms with Crippen molar-refractivity contribution in [2.75, 3.05) is 14.1 Å². The zero-order valence-corrected chi connectivity index (χ0v) is 12.4. The topological polar surface area (TPSA) is 50.5 Å². The minimum absolute atomic E-state index is 0.149. The van der Waals surface area contributed by atoms with E-state index >= 15 is 0 Å². The van der Waals surface area contributed by atoms with Crippen molar-refractivity contribution in [1.29, 1.82) is 0 Å². The molecule has 1 amide bonds. The number of nitrogens with zero attached hydrogens (tertiary/aromatic N) is 4. The van der Waals surface area contributed by atoms with Gasteiger partial charge in [0, 0.05) is 32.1 Å². The Labute approximate surface area is 126 Å². The third kappa shape index (κ3) is 2.36. The molecule has 0 aromatic carbocycles. The maximum Gasteiger partial charge on any atom is 0.289 e. The molecule has 0 spiro atoms. The predicted octanol–water partition coefficient (Wildman–Crippen LogP) is 2.75. The van der Waals surface area contributed by atoms with Crippen LogP contribution in [0.3, 0.4) is 0 Å². The molecule has 0 bridgehead atoms. The molecular formula is C15H13ClN4O. The molecule has 0 fully saturated rings. The number of hydrogen-bond acceptors (Lipinski definition) is 3. The van der Waals surface area contributed by atoms with Crippen LogP contribution in [0.4, 0.5) is 0 Å². The first kappa shape index (κ1) is 13.6. The quantitative estimate of drug-likeness (QED) is 0.684. The minimum Gasteiger partial charge on any atom is -0.342 e. The number of aromatic nitrogens is 3. The summed E-state index contributed by atoms with van der Waals surface area (Å²) in [5.74, 6) is 0.227. The highest BCUT2D eigenvalue weighted by atomic mass is 35.5. The number of halogens is 1. The fraction of sp³-hybridized carbons (Fsp3) is 0.133. The van der Waals surface area contributed by atoms with E-state index in [0.29, 0.717) is 16.7 Å². The molecule has 0 atom stereocenters. The van der Waals surface area contributed by atoms with E-state index in [1.165, 1.54) is 4.90 Å². The molecule has 6 heteroatoms. The first-order valence-electron chi connectivity index (χ1n) is 6.38. The van der Waals surface area contributed by atoms with Crippen LogP contribution < -0.4 is 0 Å². The number of fused-ring (bicyclic) bond motifs is 1. The number of hydrogen-bond donors (Lipinski definition) is 0. The van der Waals surface area contributed by atoms with Gasteiger partial charge in [0.1, 0.15) is 5.15 Å². The summed E-state index contributed by atoms with van der Waals surface area (Å²) in [5, 5.41) is 0.423. The van der Waals surface area contributed by atoms with E-state index in [4.69, 9.17) is 11.6 Å². The van der Waals surface area contributed by atoms with E-state index in [2.05, 4.69) is 9.97 Å². The second kappa shape index (κ2) is 5.18. The first-order valence-corrected chi connectivity index (χ1v) is 6.76. The number of carbonyl (C=O) groups is 1. The Morgan fingerprint density at radius 2 is 2.05 bits per heavy atom. The smallest absolute Gasteiger partial charge is 0.289 e. The average Bonchev–Trinajstić information content (AvgIpc) is 2.87. The van der Waals surface area contributed by atoms with Crippen LogP contribution >= 0.6 is 11.6 Å². The standard InChI is InChI=1S/C15H13ClN4O/c1-19(2)15(21)14-18-13(10-6-7-12(16)17-9-10)11-5-3-4-8-20(11)14/h3-9H,1-2H3. The molecule has 3 heterocycles. The molecule has 21 heavy (non-hydrogen) atoms. The summed E-state index contributed by atoms with van der Waals surface area (Å²) in [6, 6.07) is 9.25. The monoisotopic (exact) mass is 300 g/mol. The summed E-state index contributed by atoms with van der Waals surface area (Å²) in [6.45, 7) is 0. The Hall–Kier alpha value is -2.40. The van der Waals surface area contributed by atoms with Crippen LogP contribution in [0.1, 0.15) is 10.6 Å². The van der Waals surface area contributed by atoms with Crippen LogP contribution in [-0.4, -0.2) is 39.3 Å². The molecule has 0 aliphatic carbocycles. The number of pyridine rings is 2. The van der Waals surface area contributed by atoms with Crippen LogP contribution in [0.15, 0.2) is 42.7 Å². The number of carbonyl (C=O) groups excluding carboxylic acids is 1. The summed E-state index contributed by atoms with van der Waals surface area (Å²) in [7, 11) is 3.41. The van der Waals surface area contributed by atoms with Gasteiger partial charge < -0.3 is 4.90 Å². The normalized spacial score (nSPS) is 10.8. The van der Waals surface area contributed by atoms with Gasteiger partial charge in [0.15, 0.2) is 0 Å². The largest absolute Gasteiger partial charge is 0.342 e. The Balaban J connectivity index is 2.24. The molecule has 5 nitrogen and oxygen atoms in total. The van der Waals surface area contributed by atoms with Crippen molar-refractivity contribution >= 4 is 23.0 Å². The van der Waals surface area contributed by atoms with Gasteiger partial charge in [-0.25, -0.2) is 9.97 Å². The zero-order valence-electron chi connectivity index (χ0n) is 11.6. The van der Waals surface area contributed by atoms with Gasteiger partial charge in [-0.1, -0.05) is 17.7 Å². The SMILES string of the molecule is CN(C)C(=O)c1nc(-c2ccc(Cl)nc2)c2ccccn12. The Morgan fingerprint density at radius 3 is 2.71 bits per heavy atom. The van der Waals surface area contributed by atoms with E-state index < -0.39 is 0 Å². The zero-order chi connectivity index (χ0) is 15.0. The molecule has 0 radical (unpaired) electrons. The lowest BCUT2D eigenvalue weighted by Crippen LogP contribution is -2.24. The average molecular weight is 301 g/mol. The van der Waals surface area contributed by atoms with Gasteiger partial charge in [0.2, 0.25) is 5.82 Å². The van der Waals surface area contributed by atoms with Crippen LogP contribution in [0.25, 0.3) is 16.8 Å². The highest BCUT2D eigenvalue weighted by Gasteiger charge is 2.19. The summed E-state index contributed by atoms with van der Waals surface area (Å²) in [6.07, 6.45) is 3.48. The van der Waals surface area contributed by atoms with E-state index in [0.717, 1.165) is 11.1 Å². The van der Waals surface area contributed by atoms with Crippen LogP contribution in [0.2, 0.25) is 5.15 Å². The summed E-state index contributed by atoms with van der Waals surface area (Å²) in [4.78, 5) is 22.3. The van der Waals surface area contributed by atoms with Gasteiger partial charge in [-0.3, -0.25) is 9.20 Å². The lowest BCUT2D eigenvalue weighted by Gasteiger charge is -2.08. The molecule has 0 saturated carbocycles. The van der Waals surface area contributed by atoms with Gasteiger partial charge in [0.25, 0.3) is 5.91 Å². The fourth-order valence-electron chi connectivity index (χ4n) is 2.12. The van der Waals surface area contributed by atoms with Gasteiger partial charge in [-0.05, 0) is 24.3 Å². The van der Waals surface area contributed by atoms with Crippen LogP contribution in [-0.2, 0) is 0 Å². The van der Waals surface area contributed by atoms with Crippen molar-refractivity contribution in [1.82, 2.24) is 19.3 Å². The van der Waals surface area contributed by atoms with Crippen LogP contribution in [0.5, 0.6) is 0 Å². The Morgan fingerprint density at radius 1 is 1.24 bits per heavy atom. The molecule has 3 rings (SSSR count). The predicted molar refractivity (Wildman–Crippen MR) is 81.5 cm³/mol. The number of imidazole rings is 1. The number of amides is 1. The third-order valence-electron chi connectivity index (χ3n) is 3.15. The van der Waals surface area contributed by atoms with Crippen molar-refractivity contribution in [2.24, 2.45) is 0 Å². The minimum atomic E-state index is -0.149. The fourth-order valence-corrected chi connectivity index (χ4v) is 2.23. The second-order valence-electron chi connectivity index (χ2n) is 4.81. The van der Waals surface area contributed by atoms with Crippen LogP contribution in [0, 0.1) is 0 Å². The Kier molecular flexibility index (Phi) is 3.35. The van der Waals surface area contributed by atoms with Crippen molar-refractivity contribution in [2.45, 2.75) is 0 Å². The summed E-state index contributed by atoms with van der Waals surface area (Å²) >= 11 is 5.82. The highest BCUT2D eigenvalue weighted by molar-refractivity contribution is 6.29. The Bertz CT molecular complexity index is 808. The summed E-state index contributed by atoms with van der Waals surface area (Å²) in [5.41, 5.74) is 2.39. The molecular weight excluding hydrogens is 288 g/mol. The van der Waals surface area contributed by atoms with Gasteiger partial charge >= 0.3 is 0 Å². The molecule has 3 aromatic rings. The maximum atomic E-state index is 12.3. The maximum absolute atomic E-state index is 12.3. The second-order valence-corrected chi connectivity index (χ2v) is 5.20. The van der Waals surface area contributed by atoms with Crippen molar-refractivity contribution < 1.29 is 4.79 Å². The van der Waals surface area contributed by atoms with E-state index in [-0.39, 0.29) is 5.91 Å². The van der Waals surface area contributed by atoms with E-state index in [1.54, 1.807) is 30.8 Å². The molecule has 0 N–H and O–H groups in total. The summed E-state index contributed by atoms with van der Waals surface area (Å²) < 4.78 is 1.78. The van der Waals surface area contributed by atoms with E-state index in [1.807, 2.05) is 30.5 Å². The molecule has 0 aliphatic rings. The number of rotatable bonds is 2. The van der Waals surface area contributed by atoms with Crippen molar-refractivity contribution in [3.63, 3.8) is 0 Å². The first-order chi connectivity index (χ1) is 10.1. The molecule has 0 unspecified atom stereocenters. The highest BCUT2D eigenvalue weighted by Crippen LogP contribution is 2.25. The molecule has 0 saturated heterocycles.